The third-order valence-electron chi connectivity index (χ3n) is 6.14. The Hall–Kier alpha value is -3.51. The van der Waals surface area contributed by atoms with E-state index in [-0.39, 0.29) is 17.9 Å². The van der Waals surface area contributed by atoms with Crippen LogP contribution >= 0.6 is 0 Å². The molecule has 0 fully saturated rings. The summed E-state index contributed by atoms with van der Waals surface area (Å²) in [6, 6.07) is 19.7. The number of nitrogens with zero attached hydrogens (tertiary/aromatic N) is 4. The Morgan fingerprint density at radius 1 is 1.06 bits per heavy atom. The van der Waals surface area contributed by atoms with Crippen LogP contribution in [0.3, 0.4) is 0 Å². The van der Waals surface area contributed by atoms with Crippen LogP contribution in [-0.2, 0) is 6.54 Å². The highest BCUT2D eigenvalue weighted by Crippen LogP contribution is 2.33. The number of benzene rings is 2. The van der Waals surface area contributed by atoms with Gasteiger partial charge in [-0.15, -0.1) is 0 Å². The minimum absolute atomic E-state index is 0.00661. The van der Waals surface area contributed by atoms with Crippen molar-refractivity contribution in [3.05, 3.63) is 95.6 Å². The number of carbonyl (C=O) groups is 1. The minimum Gasteiger partial charge on any atom is -0.330 e. The quantitative estimate of drug-likeness (QED) is 0.386. The van der Waals surface area contributed by atoms with Crippen LogP contribution in [0.15, 0.2) is 73.1 Å². The molecule has 0 saturated heterocycles. The van der Waals surface area contributed by atoms with Crippen molar-refractivity contribution in [1.82, 2.24) is 19.4 Å². The highest BCUT2D eigenvalue weighted by Gasteiger charge is 2.32. The molecule has 4 rings (SSSR count). The second kappa shape index (κ2) is 10.6. The molecule has 0 spiro atoms. The maximum Gasteiger partial charge on any atom is 0.254 e. The zero-order chi connectivity index (χ0) is 24.1. The fourth-order valence-electron chi connectivity index (χ4n) is 4.45. The van der Waals surface area contributed by atoms with Crippen molar-refractivity contribution in [3.63, 3.8) is 0 Å². The summed E-state index contributed by atoms with van der Waals surface area (Å²) in [6.45, 7) is 8.05. The first-order valence-electron chi connectivity index (χ1n) is 11.9. The van der Waals surface area contributed by atoms with Gasteiger partial charge in [0.25, 0.3) is 5.91 Å². The second-order valence-electron chi connectivity index (χ2n) is 9.10. The summed E-state index contributed by atoms with van der Waals surface area (Å²) in [5.74, 6) is 1.04. The van der Waals surface area contributed by atoms with E-state index in [0.717, 1.165) is 34.4 Å². The lowest BCUT2D eigenvalue weighted by atomic mass is 9.99. The lowest BCUT2D eigenvalue weighted by molar-refractivity contribution is 0.0605. The van der Waals surface area contributed by atoms with Crippen LogP contribution in [-0.4, -0.2) is 38.4 Å². The summed E-state index contributed by atoms with van der Waals surface area (Å²) in [5, 5.41) is 0. The van der Waals surface area contributed by atoms with Gasteiger partial charge in [0.15, 0.2) is 0 Å². The molecule has 6 nitrogen and oxygen atoms in total. The zero-order valence-corrected chi connectivity index (χ0v) is 20.2. The second-order valence-corrected chi connectivity index (χ2v) is 9.10. The van der Waals surface area contributed by atoms with Crippen molar-refractivity contribution in [2.24, 2.45) is 11.7 Å². The monoisotopic (exact) mass is 455 g/mol. The van der Waals surface area contributed by atoms with Crippen LogP contribution in [0, 0.1) is 12.8 Å². The Morgan fingerprint density at radius 2 is 1.82 bits per heavy atom. The number of nitrogens with two attached hydrogens (primary N) is 1. The molecular weight excluding hydrogens is 422 g/mol. The van der Waals surface area contributed by atoms with Crippen LogP contribution in [0.4, 0.5) is 0 Å². The number of amides is 1. The van der Waals surface area contributed by atoms with Gasteiger partial charge in [-0.2, -0.15) is 0 Å². The summed E-state index contributed by atoms with van der Waals surface area (Å²) in [6.07, 6.45) is 4.39. The van der Waals surface area contributed by atoms with Gasteiger partial charge < -0.3 is 15.2 Å². The Bertz CT molecular complexity index is 1230. The van der Waals surface area contributed by atoms with E-state index in [1.165, 1.54) is 0 Å². The molecule has 1 amide bonds. The Kier molecular flexibility index (Phi) is 7.38. The molecule has 176 valence electrons. The summed E-state index contributed by atoms with van der Waals surface area (Å²) >= 11 is 0. The fraction of sp³-hybridized carbons (Fsp3) is 0.321. The number of carbonyl (C=O) groups excluding carboxylic acids is 1. The number of rotatable bonds is 9. The molecule has 0 bridgehead atoms. The largest absolute Gasteiger partial charge is 0.330 e. The van der Waals surface area contributed by atoms with Crippen LogP contribution in [0.25, 0.3) is 11.0 Å². The van der Waals surface area contributed by atoms with E-state index in [2.05, 4.69) is 35.5 Å². The van der Waals surface area contributed by atoms with Gasteiger partial charge in [-0.25, -0.2) is 4.98 Å². The van der Waals surface area contributed by atoms with Gasteiger partial charge in [-0.3, -0.25) is 9.78 Å². The number of pyridine rings is 1. The molecule has 0 radical (unpaired) electrons. The number of hydrogen-bond donors (Lipinski definition) is 1. The number of imidazole rings is 1. The average Bonchev–Trinajstić information content (AvgIpc) is 3.19. The smallest absolute Gasteiger partial charge is 0.254 e. The van der Waals surface area contributed by atoms with Crippen molar-refractivity contribution in [2.75, 3.05) is 13.1 Å². The Labute approximate surface area is 201 Å². The molecule has 34 heavy (non-hydrogen) atoms. The third-order valence-corrected chi connectivity index (χ3v) is 6.14. The van der Waals surface area contributed by atoms with Crippen LogP contribution < -0.4 is 5.73 Å². The predicted molar refractivity (Wildman–Crippen MR) is 137 cm³/mol. The van der Waals surface area contributed by atoms with Crippen molar-refractivity contribution in [1.29, 1.82) is 0 Å². The predicted octanol–water partition coefficient (Wildman–Crippen LogP) is 4.98. The van der Waals surface area contributed by atoms with Crippen LogP contribution in [0.5, 0.6) is 0 Å². The zero-order valence-electron chi connectivity index (χ0n) is 20.2. The van der Waals surface area contributed by atoms with E-state index in [4.69, 9.17) is 10.7 Å². The molecule has 4 aromatic rings. The molecule has 6 heteroatoms. The van der Waals surface area contributed by atoms with Gasteiger partial charge in [0.2, 0.25) is 0 Å². The molecule has 2 heterocycles. The molecule has 2 N–H and O–H groups in total. The maximum atomic E-state index is 13.8. The van der Waals surface area contributed by atoms with E-state index < -0.39 is 0 Å². The van der Waals surface area contributed by atoms with Gasteiger partial charge in [-0.1, -0.05) is 49.7 Å². The van der Waals surface area contributed by atoms with Gasteiger partial charge in [-0.05, 0) is 61.7 Å². The molecule has 0 aliphatic heterocycles. The summed E-state index contributed by atoms with van der Waals surface area (Å²) in [7, 11) is 0. The van der Waals surface area contributed by atoms with Crippen molar-refractivity contribution >= 4 is 16.9 Å². The first-order chi connectivity index (χ1) is 16.5. The maximum absolute atomic E-state index is 13.8. The van der Waals surface area contributed by atoms with Gasteiger partial charge >= 0.3 is 0 Å². The number of aromatic nitrogens is 3. The summed E-state index contributed by atoms with van der Waals surface area (Å²) in [5.41, 5.74) is 10.8. The van der Waals surface area contributed by atoms with E-state index in [1.54, 1.807) is 6.20 Å². The molecule has 1 unspecified atom stereocenters. The molecule has 1 atom stereocenters. The lowest BCUT2D eigenvalue weighted by Gasteiger charge is -2.34. The number of aryl methyl sites for hydroxylation is 1. The molecule has 0 aliphatic rings. The SMILES string of the molecule is Cc1ccc(C(=O)N(CCCN)C(c2nc3ccccc3n2Cc2cccnc2)C(C)C)cc1. The highest BCUT2D eigenvalue weighted by atomic mass is 16.2. The van der Waals surface area contributed by atoms with E-state index in [9.17, 15) is 4.79 Å². The normalized spacial score (nSPS) is 12.3. The molecule has 0 aliphatic carbocycles. The highest BCUT2D eigenvalue weighted by molar-refractivity contribution is 5.94. The van der Waals surface area contributed by atoms with Crippen molar-refractivity contribution in [2.45, 2.75) is 39.8 Å². The Morgan fingerprint density at radius 3 is 2.50 bits per heavy atom. The van der Waals surface area contributed by atoms with Gasteiger partial charge in [0, 0.05) is 24.5 Å². The molecule has 2 aromatic heterocycles. The van der Waals surface area contributed by atoms with Gasteiger partial charge in [0.05, 0.1) is 23.6 Å². The number of fused-ring (bicyclic) bond motifs is 1. The standard InChI is InChI=1S/C28H33N5O/c1-20(2)26(32(17-7-15-29)28(34)23-13-11-21(3)12-14-23)27-31-24-9-4-5-10-25(24)33(27)19-22-8-6-16-30-18-22/h4-6,8-14,16,18,20,26H,7,15,17,19,29H2,1-3H3. The topological polar surface area (TPSA) is 77.0 Å². The first kappa shape index (κ1) is 23.6. The first-order valence-corrected chi connectivity index (χ1v) is 11.9. The van der Waals surface area contributed by atoms with Crippen molar-refractivity contribution < 1.29 is 4.79 Å². The number of para-hydroxylation sites is 2. The summed E-state index contributed by atoms with van der Waals surface area (Å²) in [4.78, 5) is 25.1. The van der Waals surface area contributed by atoms with Crippen LogP contribution in [0.2, 0.25) is 0 Å². The van der Waals surface area contributed by atoms with E-state index in [1.807, 2.05) is 66.6 Å². The van der Waals surface area contributed by atoms with Crippen molar-refractivity contribution in [3.8, 4) is 0 Å². The van der Waals surface area contributed by atoms with Crippen LogP contribution in [0.1, 0.15) is 53.6 Å². The summed E-state index contributed by atoms with van der Waals surface area (Å²) < 4.78 is 2.23. The molecule has 2 aromatic carbocycles. The fourth-order valence-corrected chi connectivity index (χ4v) is 4.45. The lowest BCUT2D eigenvalue weighted by Crippen LogP contribution is -2.40. The average molecular weight is 456 g/mol. The third kappa shape index (κ3) is 5.02. The van der Waals surface area contributed by atoms with E-state index in [0.29, 0.717) is 25.2 Å². The number of hydrogen-bond acceptors (Lipinski definition) is 4. The Balaban J connectivity index is 1.83. The molecular formula is C28H33N5O. The minimum atomic E-state index is -0.204. The van der Waals surface area contributed by atoms with E-state index >= 15 is 0 Å². The molecule has 0 saturated carbocycles. The van der Waals surface area contributed by atoms with Gasteiger partial charge in [0.1, 0.15) is 5.82 Å².